The van der Waals surface area contributed by atoms with Gasteiger partial charge in [-0.1, -0.05) is 20.8 Å². The van der Waals surface area contributed by atoms with E-state index in [0.717, 1.165) is 5.92 Å². The number of rotatable bonds is 6. The van der Waals surface area contributed by atoms with E-state index in [-0.39, 0.29) is 0 Å². The van der Waals surface area contributed by atoms with E-state index in [1.165, 1.54) is 19.3 Å². The average molecular weight is 171 g/mol. The van der Waals surface area contributed by atoms with Crippen molar-refractivity contribution in [2.45, 2.75) is 66.0 Å². The minimum atomic E-state index is 0.673. The Bertz CT molecular complexity index is 99.2. The van der Waals surface area contributed by atoms with Crippen LogP contribution in [0.15, 0.2) is 0 Å². The maximum Gasteiger partial charge on any atom is 0.00412 e. The molecule has 0 saturated carbocycles. The van der Waals surface area contributed by atoms with E-state index in [1.54, 1.807) is 0 Å². The largest absolute Gasteiger partial charge is 0.312 e. The standard InChI is InChI=1S/C11H25N/c1-6-10(4)12-11(5)8-7-9(2)3/h9-12H,6-8H2,1-5H3. The van der Waals surface area contributed by atoms with Crippen molar-refractivity contribution in [3.8, 4) is 0 Å². The molecule has 0 fully saturated rings. The Morgan fingerprint density at radius 1 is 0.917 bits per heavy atom. The average Bonchev–Trinajstić information content (AvgIpc) is 2.00. The van der Waals surface area contributed by atoms with Gasteiger partial charge >= 0.3 is 0 Å². The number of hydrogen-bond donors (Lipinski definition) is 1. The second kappa shape index (κ2) is 6.47. The van der Waals surface area contributed by atoms with Crippen molar-refractivity contribution in [1.29, 1.82) is 0 Å². The van der Waals surface area contributed by atoms with E-state index in [2.05, 4.69) is 39.9 Å². The fourth-order valence-corrected chi connectivity index (χ4v) is 1.27. The van der Waals surface area contributed by atoms with Crippen molar-refractivity contribution in [3.63, 3.8) is 0 Å². The molecule has 0 aliphatic heterocycles. The highest BCUT2D eigenvalue weighted by molar-refractivity contribution is 4.66. The highest BCUT2D eigenvalue weighted by Crippen LogP contribution is 2.07. The molecule has 1 N–H and O–H groups in total. The van der Waals surface area contributed by atoms with Crippen LogP contribution in [0.4, 0.5) is 0 Å². The van der Waals surface area contributed by atoms with Gasteiger partial charge in [0.2, 0.25) is 0 Å². The van der Waals surface area contributed by atoms with E-state index in [9.17, 15) is 0 Å². The van der Waals surface area contributed by atoms with Gasteiger partial charge in [0.25, 0.3) is 0 Å². The number of hydrogen-bond acceptors (Lipinski definition) is 1. The first-order chi connectivity index (χ1) is 5.56. The molecule has 0 amide bonds. The van der Waals surface area contributed by atoms with Crippen LogP contribution in [0.2, 0.25) is 0 Å². The Morgan fingerprint density at radius 3 is 1.92 bits per heavy atom. The summed E-state index contributed by atoms with van der Waals surface area (Å²) in [6, 6.07) is 1.36. The molecule has 0 spiro atoms. The lowest BCUT2D eigenvalue weighted by Crippen LogP contribution is -2.34. The zero-order valence-electron chi connectivity index (χ0n) is 9.35. The summed E-state index contributed by atoms with van der Waals surface area (Å²) in [6.07, 6.45) is 3.87. The Hall–Kier alpha value is -0.0400. The highest BCUT2D eigenvalue weighted by Gasteiger charge is 2.05. The maximum absolute atomic E-state index is 3.58. The second-order valence-corrected chi connectivity index (χ2v) is 4.35. The minimum Gasteiger partial charge on any atom is -0.312 e. The molecular formula is C11H25N. The molecule has 1 nitrogen and oxygen atoms in total. The quantitative estimate of drug-likeness (QED) is 0.647. The number of nitrogens with one attached hydrogen (secondary N) is 1. The molecule has 2 atom stereocenters. The predicted octanol–water partition coefficient (Wildman–Crippen LogP) is 3.20. The molecule has 0 aliphatic rings. The first-order valence-corrected chi connectivity index (χ1v) is 5.32. The van der Waals surface area contributed by atoms with Crippen molar-refractivity contribution >= 4 is 0 Å². The molecule has 0 radical (unpaired) electrons. The fraction of sp³-hybridized carbons (Fsp3) is 1.00. The lowest BCUT2D eigenvalue weighted by atomic mass is 10.0. The van der Waals surface area contributed by atoms with Gasteiger partial charge < -0.3 is 5.32 Å². The molecule has 0 bridgehead atoms. The normalized spacial score (nSPS) is 16.5. The summed E-state index contributed by atoms with van der Waals surface area (Å²) < 4.78 is 0. The molecule has 1 heteroatoms. The third kappa shape index (κ3) is 6.66. The van der Waals surface area contributed by atoms with Gasteiger partial charge in [-0.25, -0.2) is 0 Å². The van der Waals surface area contributed by atoms with Crippen LogP contribution < -0.4 is 5.32 Å². The fourth-order valence-electron chi connectivity index (χ4n) is 1.27. The summed E-state index contributed by atoms with van der Waals surface area (Å²) >= 11 is 0. The first-order valence-electron chi connectivity index (χ1n) is 5.32. The smallest absolute Gasteiger partial charge is 0.00412 e. The van der Waals surface area contributed by atoms with Crippen LogP contribution in [0, 0.1) is 5.92 Å². The molecule has 0 heterocycles. The minimum absolute atomic E-state index is 0.673. The first kappa shape index (κ1) is 12.0. The van der Waals surface area contributed by atoms with Gasteiger partial charge in [0, 0.05) is 12.1 Å². The topological polar surface area (TPSA) is 12.0 Å². The van der Waals surface area contributed by atoms with Crippen LogP contribution in [-0.4, -0.2) is 12.1 Å². The van der Waals surface area contributed by atoms with Crippen LogP contribution in [0.5, 0.6) is 0 Å². The summed E-state index contributed by atoms with van der Waals surface area (Å²) in [5.41, 5.74) is 0. The Morgan fingerprint density at radius 2 is 1.50 bits per heavy atom. The maximum atomic E-state index is 3.58. The van der Waals surface area contributed by atoms with Crippen LogP contribution >= 0.6 is 0 Å². The molecule has 0 aromatic carbocycles. The van der Waals surface area contributed by atoms with E-state index >= 15 is 0 Å². The highest BCUT2D eigenvalue weighted by atomic mass is 14.9. The SMILES string of the molecule is CCC(C)NC(C)CCC(C)C. The zero-order chi connectivity index (χ0) is 9.56. The van der Waals surface area contributed by atoms with Crippen LogP contribution in [0.25, 0.3) is 0 Å². The van der Waals surface area contributed by atoms with Crippen molar-refractivity contribution < 1.29 is 0 Å². The molecule has 2 unspecified atom stereocenters. The zero-order valence-corrected chi connectivity index (χ0v) is 9.35. The Balaban J connectivity index is 3.39. The van der Waals surface area contributed by atoms with Crippen molar-refractivity contribution in [2.24, 2.45) is 5.92 Å². The predicted molar refractivity (Wildman–Crippen MR) is 56.4 cm³/mol. The van der Waals surface area contributed by atoms with E-state index in [0.29, 0.717) is 12.1 Å². The van der Waals surface area contributed by atoms with Crippen molar-refractivity contribution in [2.75, 3.05) is 0 Å². The van der Waals surface area contributed by atoms with Gasteiger partial charge in [-0.2, -0.15) is 0 Å². The Kier molecular flexibility index (Phi) is 6.45. The van der Waals surface area contributed by atoms with Gasteiger partial charge in [0.15, 0.2) is 0 Å². The van der Waals surface area contributed by atoms with Gasteiger partial charge in [0.05, 0.1) is 0 Å². The summed E-state index contributed by atoms with van der Waals surface area (Å²) in [7, 11) is 0. The summed E-state index contributed by atoms with van der Waals surface area (Å²) in [4.78, 5) is 0. The van der Waals surface area contributed by atoms with Crippen LogP contribution in [0.1, 0.15) is 53.9 Å². The van der Waals surface area contributed by atoms with E-state index in [4.69, 9.17) is 0 Å². The molecule has 0 rings (SSSR count). The van der Waals surface area contributed by atoms with Gasteiger partial charge in [-0.15, -0.1) is 0 Å². The van der Waals surface area contributed by atoms with Crippen molar-refractivity contribution in [1.82, 2.24) is 5.32 Å². The molecule has 12 heavy (non-hydrogen) atoms. The van der Waals surface area contributed by atoms with Crippen molar-refractivity contribution in [3.05, 3.63) is 0 Å². The molecule has 74 valence electrons. The third-order valence-corrected chi connectivity index (χ3v) is 2.36. The van der Waals surface area contributed by atoms with Crippen LogP contribution in [0.3, 0.4) is 0 Å². The molecule has 0 saturated heterocycles. The lowest BCUT2D eigenvalue weighted by molar-refractivity contribution is 0.406. The molecule has 0 aromatic rings. The Labute approximate surface area is 77.9 Å². The summed E-state index contributed by atoms with van der Waals surface area (Å²) in [6.45, 7) is 11.3. The monoisotopic (exact) mass is 171 g/mol. The lowest BCUT2D eigenvalue weighted by Gasteiger charge is -2.19. The third-order valence-electron chi connectivity index (χ3n) is 2.36. The van der Waals surface area contributed by atoms with Gasteiger partial charge in [-0.05, 0) is 39.0 Å². The molecule has 0 aromatic heterocycles. The van der Waals surface area contributed by atoms with E-state index < -0.39 is 0 Å². The molecule has 0 aliphatic carbocycles. The van der Waals surface area contributed by atoms with Gasteiger partial charge in [-0.3, -0.25) is 0 Å². The summed E-state index contributed by atoms with van der Waals surface area (Å²) in [5.74, 6) is 0.839. The van der Waals surface area contributed by atoms with Gasteiger partial charge in [0.1, 0.15) is 0 Å². The molecular weight excluding hydrogens is 146 g/mol. The van der Waals surface area contributed by atoms with E-state index in [1.807, 2.05) is 0 Å². The van der Waals surface area contributed by atoms with Crippen LogP contribution in [-0.2, 0) is 0 Å². The summed E-state index contributed by atoms with van der Waals surface area (Å²) in [5, 5.41) is 3.58. The second-order valence-electron chi connectivity index (χ2n) is 4.35.